The van der Waals surface area contributed by atoms with Gasteiger partial charge in [-0.1, -0.05) is 19.6 Å². The summed E-state index contributed by atoms with van der Waals surface area (Å²) in [6, 6.07) is 2.93. The molecule has 2 N–H and O–H groups in total. The smallest absolute Gasteiger partial charge is 0.416 e. The number of ether oxygens (including phenoxy) is 1. The Kier molecular flexibility index (Phi) is 5.22. The first-order chi connectivity index (χ1) is 11.2. The Balaban J connectivity index is 2.34. The van der Waals surface area contributed by atoms with E-state index in [1.807, 2.05) is 6.92 Å². The van der Waals surface area contributed by atoms with Crippen LogP contribution in [-0.2, 0) is 6.18 Å². The summed E-state index contributed by atoms with van der Waals surface area (Å²) >= 11 is 0. The molecular weight excluding hydrogens is 321 g/mol. The number of hydrogen-bond acceptors (Lipinski definition) is 3. The van der Waals surface area contributed by atoms with Gasteiger partial charge in [-0.25, -0.2) is 0 Å². The van der Waals surface area contributed by atoms with Crippen LogP contribution in [0, 0.1) is 5.41 Å². The Labute approximate surface area is 139 Å². The van der Waals surface area contributed by atoms with Crippen molar-refractivity contribution in [2.45, 2.75) is 19.5 Å². The highest BCUT2D eigenvalue weighted by atomic mass is 19.4. The van der Waals surface area contributed by atoms with Crippen LogP contribution in [0.3, 0.4) is 0 Å². The number of nitrogens with two attached hydrogens (primary N) is 1. The van der Waals surface area contributed by atoms with Gasteiger partial charge in [-0.3, -0.25) is 4.79 Å². The average molecular weight is 342 g/mol. The standard InChI is InChI=1S/C17H21F3N2O2/c1-3-8-24-14-5-4-12(17(18,19)20)9-13(14)15(23)22-7-6-16(2,10-21)11-22/h3-5,9H,1,6-8,10-11,21H2,2H3. The third kappa shape index (κ3) is 3.90. The Hall–Kier alpha value is -2.02. The van der Waals surface area contributed by atoms with Crippen molar-refractivity contribution in [1.82, 2.24) is 4.90 Å². The van der Waals surface area contributed by atoms with Gasteiger partial charge in [-0.2, -0.15) is 13.2 Å². The van der Waals surface area contributed by atoms with Crippen molar-refractivity contribution in [3.8, 4) is 5.75 Å². The number of amides is 1. The molecule has 2 rings (SSSR count). The highest BCUT2D eigenvalue weighted by molar-refractivity contribution is 5.97. The number of nitrogens with zero attached hydrogens (tertiary/aromatic N) is 1. The van der Waals surface area contributed by atoms with E-state index in [4.69, 9.17) is 10.5 Å². The van der Waals surface area contributed by atoms with Crippen LogP contribution in [0.25, 0.3) is 0 Å². The zero-order valence-corrected chi connectivity index (χ0v) is 13.5. The van der Waals surface area contributed by atoms with E-state index in [-0.39, 0.29) is 23.3 Å². The minimum Gasteiger partial charge on any atom is -0.489 e. The molecule has 4 nitrogen and oxygen atoms in total. The molecule has 1 atom stereocenters. The normalized spacial score (nSPS) is 21.0. The number of carbonyl (C=O) groups excluding carboxylic acids is 1. The molecule has 0 aromatic heterocycles. The zero-order valence-electron chi connectivity index (χ0n) is 13.5. The number of hydrogen-bond donors (Lipinski definition) is 1. The fourth-order valence-electron chi connectivity index (χ4n) is 2.68. The highest BCUT2D eigenvalue weighted by Gasteiger charge is 2.37. The van der Waals surface area contributed by atoms with Gasteiger partial charge in [0, 0.05) is 13.1 Å². The van der Waals surface area contributed by atoms with Crippen molar-refractivity contribution in [3.05, 3.63) is 42.0 Å². The zero-order chi connectivity index (χ0) is 18.0. The van der Waals surface area contributed by atoms with E-state index in [9.17, 15) is 18.0 Å². The third-order valence-corrected chi connectivity index (χ3v) is 4.23. The molecule has 1 heterocycles. The molecule has 1 saturated heterocycles. The van der Waals surface area contributed by atoms with Crippen molar-refractivity contribution < 1.29 is 22.7 Å². The van der Waals surface area contributed by atoms with Gasteiger partial charge in [-0.05, 0) is 36.6 Å². The molecule has 24 heavy (non-hydrogen) atoms. The molecule has 1 aliphatic rings. The Morgan fingerprint density at radius 3 is 2.75 bits per heavy atom. The molecule has 0 aliphatic carbocycles. The molecule has 0 radical (unpaired) electrons. The third-order valence-electron chi connectivity index (χ3n) is 4.23. The molecule has 0 saturated carbocycles. The minimum absolute atomic E-state index is 0.0899. The number of rotatable bonds is 5. The van der Waals surface area contributed by atoms with Gasteiger partial charge in [-0.15, -0.1) is 0 Å². The average Bonchev–Trinajstić information content (AvgIpc) is 2.94. The lowest BCUT2D eigenvalue weighted by Crippen LogP contribution is -2.34. The number of benzene rings is 1. The van der Waals surface area contributed by atoms with E-state index in [2.05, 4.69) is 6.58 Å². The molecule has 1 unspecified atom stereocenters. The van der Waals surface area contributed by atoms with Gasteiger partial charge in [0.1, 0.15) is 12.4 Å². The van der Waals surface area contributed by atoms with E-state index in [0.717, 1.165) is 18.6 Å². The fourth-order valence-corrected chi connectivity index (χ4v) is 2.68. The van der Waals surface area contributed by atoms with E-state index in [1.54, 1.807) is 0 Å². The summed E-state index contributed by atoms with van der Waals surface area (Å²) in [7, 11) is 0. The highest BCUT2D eigenvalue weighted by Crippen LogP contribution is 2.35. The van der Waals surface area contributed by atoms with E-state index < -0.39 is 17.6 Å². The van der Waals surface area contributed by atoms with Gasteiger partial charge in [0.2, 0.25) is 0 Å². The van der Waals surface area contributed by atoms with Crippen LogP contribution < -0.4 is 10.5 Å². The lowest BCUT2D eigenvalue weighted by atomic mass is 9.90. The molecule has 132 valence electrons. The maximum absolute atomic E-state index is 13.0. The van der Waals surface area contributed by atoms with Gasteiger partial charge in [0.25, 0.3) is 5.91 Å². The lowest BCUT2D eigenvalue weighted by Gasteiger charge is -2.23. The predicted octanol–water partition coefficient (Wildman–Crippen LogP) is 3.08. The largest absolute Gasteiger partial charge is 0.489 e. The summed E-state index contributed by atoms with van der Waals surface area (Å²) in [6.07, 6.45) is -2.34. The Morgan fingerprint density at radius 1 is 1.50 bits per heavy atom. The maximum Gasteiger partial charge on any atom is 0.416 e. The first-order valence-corrected chi connectivity index (χ1v) is 7.64. The van der Waals surface area contributed by atoms with Gasteiger partial charge in [0.15, 0.2) is 0 Å². The summed E-state index contributed by atoms with van der Waals surface area (Å²) in [5, 5.41) is 0. The maximum atomic E-state index is 13.0. The topological polar surface area (TPSA) is 55.6 Å². The summed E-state index contributed by atoms with van der Waals surface area (Å²) in [4.78, 5) is 14.3. The van der Waals surface area contributed by atoms with Crippen molar-refractivity contribution >= 4 is 5.91 Å². The van der Waals surface area contributed by atoms with Crippen molar-refractivity contribution in [3.63, 3.8) is 0 Å². The number of halogens is 3. The number of alkyl halides is 3. The summed E-state index contributed by atoms with van der Waals surface area (Å²) in [6.45, 7) is 6.86. The van der Waals surface area contributed by atoms with Crippen LogP contribution in [0.5, 0.6) is 5.75 Å². The van der Waals surface area contributed by atoms with Crippen molar-refractivity contribution in [2.75, 3.05) is 26.2 Å². The van der Waals surface area contributed by atoms with Crippen LogP contribution in [0.4, 0.5) is 13.2 Å². The number of likely N-dealkylation sites (tertiary alicyclic amines) is 1. The predicted molar refractivity (Wildman–Crippen MR) is 84.8 cm³/mol. The van der Waals surface area contributed by atoms with Crippen LogP contribution in [0.1, 0.15) is 29.3 Å². The molecule has 1 amide bonds. The molecule has 1 aromatic carbocycles. The first-order valence-electron chi connectivity index (χ1n) is 7.64. The molecule has 1 fully saturated rings. The second-order valence-corrected chi connectivity index (χ2v) is 6.30. The second-order valence-electron chi connectivity index (χ2n) is 6.30. The van der Waals surface area contributed by atoms with Crippen LogP contribution in [-0.4, -0.2) is 37.0 Å². The fraction of sp³-hybridized carbons (Fsp3) is 0.471. The van der Waals surface area contributed by atoms with Gasteiger partial charge < -0.3 is 15.4 Å². The Bertz CT molecular complexity index is 631. The van der Waals surface area contributed by atoms with Crippen LogP contribution >= 0.6 is 0 Å². The Morgan fingerprint density at radius 2 is 2.21 bits per heavy atom. The lowest BCUT2D eigenvalue weighted by molar-refractivity contribution is -0.137. The summed E-state index contributed by atoms with van der Waals surface area (Å²) in [5.41, 5.74) is 4.55. The molecule has 1 aromatic rings. The monoisotopic (exact) mass is 342 g/mol. The van der Waals surface area contributed by atoms with E-state index >= 15 is 0 Å². The van der Waals surface area contributed by atoms with Crippen molar-refractivity contribution in [2.24, 2.45) is 11.1 Å². The van der Waals surface area contributed by atoms with Gasteiger partial charge >= 0.3 is 6.18 Å². The van der Waals surface area contributed by atoms with Crippen molar-refractivity contribution in [1.29, 1.82) is 0 Å². The molecule has 1 aliphatic heterocycles. The van der Waals surface area contributed by atoms with Crippen LogP contribution in [0.15, 0.2) is 30.9 Å². The molecule has 0 spiro atoms. The summed E-state index contributed by atoms with van der Waals surface area (Å²) < 4.78 is 44.3. The van der Waals surface area contributed by atoms with Crippen LogP contribution in [0.2, 0.25) is 0 Å². The SMILES string of the molecule is C=CCOc1ccc(C(F)(F)F)cc1C(=O)N1CCC(C)(CN)C1. The van der Waals surface area contributed by atoms with Gasteiger partial charge in [0.05, 0.1) is 11.1 Å². The quantitative estimate of drug-likeness (QED) is 0.837. The van der Waals surface area contributed by atoms with E-state index in [1.165, 1.54) is 17.0 Å². The minimum atomic E-state index is -4.53. The molecule has 7 heteroatoms. The molecule has 0 bridgehead atoms. The first kappa shape index (κ1) is 18.3. The van der Waals surface area contributed by atoms with E-state index in [0.29, 0.717) is 19.6 Å². The molecular formula is C17H21F3N2O2. The summed E-state index contributed by atoms with van der Waals surface area (Å²) in [5.74, 6) is -0.355. The second kappa shape index (κ2) is 6.84. The number of carbonyl (C=O) groups is 1.